The summed E-state index contributed by atoms with van der Waals surface area (Å²) in [5.41, 5.74) is 0.00972. The van der Waals surface area contributed by atoms with Crippen molar-refractivity contribution in [2.45, 2.75) is 32.7 Å². The fourth-order valence-corrected chi connectivity index (χ4v) is 1.90. The first-order chi connectivity index (χ1) is 10.1. The number of aromatic nitrogens is 2. The Bertz CT molecular complexity index is 592. The Morgan fingerprint density at radius 3 is 2.38 bits per heavy atom. The monoisotopic (exact) mass is 299 g/mol. The number of halogens is 3. The summed E-state index contributed by atoms with van der Waals surface area (Å²) in [6, 6.07) is 1.54. The van der Waals surface area contributed by atoms with Crippen molar-refractivity contribution < 1.29 is 17.6 Å². The van der Waals surface area contributed by atoms with Gasteiger partial charge in [-0.15, -0.1) is 10.2 Å². The van der Waals surface area contributed by atoms with Crippen molar-refractivity contribution in [2.24, 2.45) is 0 Å². The Balaban J connectivity index is 2.27. The lowest BCUT2D eigenvalue weighted by molar-refractivity contribution is 0.395. The minimum absolute atomic E-state index is 0.00972. The Morgan fingerprint density at radius 2 is 1.81 bits per heavy atom. The molecule has 0 spiro atoms. The molecule has 21 heavy (non-hydrogen) atoms. The van der Waals surface area contributed by atoms with Gasteiger partial charge in [-0.2, -0.15) is 0 Å². The second-order valence-electron chi connectivity index (χ2n) is 4.61. The third-order valence-electron chi connectivity index (χ3n) is 3.02. The SMILES string of the molecule is CCCNC(CC)c1nnc(-c2cc(F)c(F)c(F)c2)o1. The van der Waals surface area contributed by atoms with Crippen LogP contribution in [-0.2, 0) is 0 Å². The molecule has 0 radical (unpaired) electrons. The fraction of sp³-hybridized carbons (Fsp3) is 0.429. The van der Waals surface area contributed by atoms with Gasteiger partial charge in [0.15, 0.2) is 17.5 Å². The van der Waals surface area contributed by atoms with E-state index in [-0.39, 0.29) is 17.5 Å². The predicted molar refractivity (Wildman–Crippen MR) is 70.9 cm³/mol. The molecule has 1 unspecified atom stereocenters. The van der Waals surface area contributed by atoms with E-state index >= 15 is 0 Å². The zero-order chi connectivity index (χ0) is 15.4. The van der Waals surface area contributed by atoms with E-state index in [1.807, 2.05) is 13.8 Å². The molecule has 2 rings (SSSR count). The van der Waals surface area contributed by atoms with Crippen LogP contribution in [0.5, 0.6) is 0 Å². The molecule has 0 amide bonds. The molecule has 0 bridgehead atoms. The van der Waals surface area contributed by atoms with Gasteiger partial charge < -0.3 is 9.73 Å². The van der Waals surface area contributed by atoms with Gasteiger partial charge in [0.2, 0.25) is 11.8 Å². The molecule has 2 aromatic rings. The first-order valence-corrected chi connectivity index (χ1v) is 6.78. The molecule has 0 fully saturated rings. The fourth-order valence-electron chi connectivity index (χ4n) is 1.90. The Morgan fingerprint density at radius 1 is 1.14 bits per heavy atom. The number of hydrogen-bond acceptors (Lipinski definition) is 4. The van der Waals surface area contributed by atoms with Crippen LogP contribution in [0, 0.1) is 17.5 Å². The van der Waals surface area contributed by atoms with Gasteiger partial charge in [-0.3, -0.25) is 0 Å². The molecular weight excluding hydrogens is 283 g/mol. The Hall–Kier alpha value is -1.89. The van der Waals surface area contributed by atoms with Crippen molar-refractivity contribution in [1.29, 1.82) is 0 Å². The zero-order valence-corrected chi connectivity index (χ0v) is 11.8. The second kappa shape index (κ2) is 6.71. The number of nitrogens with zero attached hydrogens (tertiary/aromatic N) is 2. The highest BCUT2D eigenvalue weighted by Gasteiger charge is 2.19. The van der Waals surface area contributed by atoms with E-state index in [0.717, 1.165) is 31.5 Å². The lowest BCUT2D eigenvalue weighted by Gasteiger charge is -2.11. The van der Waals surface area contributed by atoms with E-state index in [4.69, 9.17) is 4.42 Å². The minimum Gasteiger partial charge on any atom is -0.419 e. The standard InChI is InChI=1S/C14H16F3N3O/c1-3-5-18-11(4-2)14-20-19-13(21-14)8-6-9(15)12(17)10(16)7-8/h6-7,11,18H,3-5H2,1-2H3. The maximum atomic E-state index is 13.2. The summed E-state index contributed by atoms with van der Waals surface area (Å²) in [4.78, 5) is 0. The highest BCUT2D eigenvalue weighted by atomic mass is 19.2. The topological polar surface area (TPSA) is 51.0 Å². The van der Waals surface area contributed by atoms with Crippen LogP contribution in [0.4, 0.5) is 13.2 Å². The molecule has 0 aliphatic heterocycles. The van der Waals surface area contributed by atoms with Gasteiger partial charge in [0, 0.05) is 5.56 Å². The lowest BCUT2D eigenvalue weighted by atomic mass is 10.2. The number of nitrogens with one attached hydrogen (secondary N) is 1. The summed E-state index contributed by atoms with van der Waals surface area (Å²) < 4.78 is 44.8. The summed E-state index contributed by atoms with van der Waals surface area (Å²) in [6.45, 7) is 4.77. The molecule has 0 aliphatic rings. The molecule has 7 heteroatoms. The molecular formula is C14H16F3N3O. The average Bonchev–Trinajstić information content (AvgIpc) is 2.95. The molecule has 1 aromatic carbocycles. The first-order valence-electron chi connectivity index (χ1n) is 6.78. The molecule has 0 aliphatic carbocycles. The van der Waals surface area contributed by atoms with Crippen LogP contribution < -0.4 is 5.32 Å². The third-order valence-corrected chi connectivity index (χ3v) is 3.02. The van der Waals surface area contributed by atoms with Gasteiger partial charge in [0.1, 0.15) is 0 Å². The minimum atomic E-state index is -1.52. The number of benzene rings is 1. The van der Waals surface area contributed by atoms with Gasteiger partial charge in [-0.05, 0) is 31.5 Å². The smallest absolute Gasteiger partial charge is 0.248 e. The molecule has 114 valence electrons. The largest absolute Gasteiger partial charge is 0.419 e. The van der Waals surface area contributed by atoms with Crippen molar-refractivity contribution in [1.82, 2.24) is 15.5 Å². The van der Waals surface area contributed by atoms with E-state index in [1.54, 1.807) is 0 Å². The van der Waals surface area contributed by atoms with Crippen molar-refractivity contribution in [3.8, 4) is 11.5 Å². The first kappa shape index (κ1) is 15.5. The number of rotatable bonds is 6. The summed E-state index contributed by atoms with van der Waals surface area (Å²) in [6.07, 6.45) is 1.68. The summed E-state index contributed by atoms with van der Waals surface area (Å²) >= 11 is 0. The Labute approximate surface area is 120 Å². The van der Waals surface area contributed by atoms with Gasteiger partial charge in [0.25, 0.3) is 0 Å². The van der Waals surface area contributed by atoms with Crippen LogP contribution in [-0.4, -0.2) is 16.7 Å². The normalized spacial score (nSPS) is 12.6. The highest BCUT2D eigenvalue weighted by molar-refractivity contribution is 5.52. The number of hydrogen-bond donors (Lipinski definition) is 1. The van der Waals surface area contributed by atoms with Gasteiger partial charge >= 0.3 is 0 Å². The zero-order valence-electron chi connectivity index (χ0n) is 11.8. The van der Waals surface area contributed by atoms with Crippen LogP contribution in [0.1, 0.15) is 38.6 Å². The summed E-state index contributed by atoms with van der Waals surface area (Å²) in [5.74, 6) is -3.80. The summed E-state index contributed by atoms with van der Waals surface area (Å²) in [7, 11) is 0. The van der Waals surface area contributed by atoms with Gasteiger partial charge in [0.05, 0.1) is 6.04 Å². The van der Waals surface area contributed by atoms with Crippen molar-refractivity contribution >= 4 is 0 Å². The highest BCUT2D eigenvalue weighted by Crippen LogP contribution is 2.25. The summed E-state index contributed by atoms with van der Waals surface area (Å²) in [5, 5.41) is 10.9. The van der Waals surface area contributed by atoms with Gasteiger partial charge in [-0.25, -0.2) is 13.2 Å². The molecule has 1 N–H and O–H groups in total. The Kier molecular flexibility index (Phi) is 4.95. The van der Waals surface area contributed by atoms with Gasteiger partial charge in [-0.1, -0.05) is 13.8 Å². The third kappa shape index (κ3) is 3.41. The predicted octanol–water partition coefficient (Wildman–Crippen LogP) is 3.60. The van der Waals surface area contributed by atoms with E-state index in [9.17, 15) is 13.2 Å². The van der Waals surface area contributed by atoms with E-state index in [0.29, 0.717) is 5.89 Å². The maximum absolute atomic E-state index is 13.2. The second-order valence-corrected chi connectivity index (χ2v) is 4.61. The maximum Gasteiger partial charge on any atom is 0.248 e. The van der Waals surface area contributed by atoms with Crippen LogP contribution in [0.25, 0.3) is 11.5 Å². The van der Waals surface area contributed by atoms with E-state index in [2.05, 4.69) is 15.5 Å². The van der Waals surface area contributed by atoms with Crippen LogP contribution >= 0.6 is 0 Å². The molecule has 4 nitrogen and oxygen atoms in total. The van der Waals surface area contributed by atoms with E-state index in [1.165, 1.54) is 0 Å². The van der Waals surface area contributed by atoms with Crippen LogP contribution in [0.15, 0.2) is 16.5 Å². The molecule has 1 aromatic heterocycles. The molecule has 0 saturated heterocycles. The lowest BCUT2D eigenvalue weighted by Crippen LogP contribution is -2.21. The van der Waals surface area contributed by atoms with Crippen LogP contribution in [0.3, 0.4) is 0 Å². The van der Waals surface area contributed by atoms with Crippen molar-refractivity contribution in [3.63, 3.8) is 0 Å². The van der Waals surface area contributed by atoms with Crippen LogP contribution in [0.2, 0.25) is 0 Å². The molecule has 1 atom stereocenters. The quantitative estimate of drug-likeness (QED) is 0.828. The van der Waals surface area contributed by atoms with Crippen molar-refractivity contribution in [2.75, 3.05) is 6.54 Å². The molecule has 1 heterocycles. The average molecular weight is 299 g/mol. The van der Waals surface area contributed by atoms with Crippen molar-refractivity contribution in [3.05, 3.63) is 35.5 Å². The van der Waals surface area contributed by atoms with E-state index < -0.39 is 17.5 Å². The molecule has 0 saturated carbocycles.